The normalized spacial score (nSPS) is 10.7. The molecule has 0 aliphatic carbocycles. The molecule has 0 spiro atoms. The third kappa shape index (κ3) is 7.28. The van der Waals surface area contributed by atoms with E-state index in [9.17, 15) is 24.5 Å². The summed E-state index contributed by atoms with van der Waals surface area (Å²) >= 11 is 11.8. The van der Waals surface area contributed by atoms with Crippen LogP contribution in [0.4, 0.5) is 5.69 Å². The van der Waals surface area contributed by atoms with Gasteiger partial charge in [-0.15, -0.1) is 0 Å². The third-order valence-electron chi connectivity index (χ3n) is 5.25. The lowest BCUT2D eigenvalue weighted by Crippen LogP contribution is -2.18. The van der Waals surface area contributed by atoms with Gasteiger partial charge in [0.1, 0.15) is 11.5 Å². The Balaban J connectivity index is 1.56. The molecule has 4 rings (SSSR count). The average Bonchev–Trinajstić information content (AvgIpc) is 2.94. The molecule has 4 aromatic rings. The van der Waals surface area contributed by atoms with Crippen molar-refractivity contribution in [3.8, 4) is 11.5 Å². The van der Waals surface area contributed by atoms with Crippen molar-refractivity contribution in [2.24, 2.45) is 5.10 Å². The molecule has 0 aromatic heterocycles. The van der Waals surface area contributed by atoms with E-state index in [1.165, 1.54) is 79.0 Å². The van der Waals surface area contributed by atoms with Gasteiger partial charge in [-0.05, 0) is 66.7 Å². The van der Waals surface area contributed by atoms with Gasteiger partial charge in [-0.1, -0.05) is 29.3 Å². The summed E-state index contributed by atoms with van der Waals surface area (Å²) in [5, 5.41) is 15.7. The summed E-state index contributed by atoms with van der Waals surface area (Å²) in [7, 11) is 0. The van der Waals surface area contributed by atoms with Crippen molar-refractivity contribution < 1.29 is 28.8 Å². The van der Waals surface area contributed by atoms with Gasteiger partial charge in [0.25, 0.3) is 11.6 Å². The minimum atomic E-state index is -0.729. The molecule has 1 N–H and O–H groups in total. The van der Waals surface area contributed by atoms with E-state index >= 15 is 0 Å². The highest BCUT2D eigenvalue weighted by molar-refractivity contribution is 6.31. The maximum Gasteiger partial charge on any atom is 0.343 e. The van der Waals surface area contributed by atoms with Crippen molar-refractivity contribution in [2.75, 3.05) is 0 Å². The number of carbonyl (C=O) groups is 3. The Morgan fingerprint density at radius 1 is 0.775 bits per heavy atom. The number of hydrogen-bond acceptors (Lipinski definition) is 8. The van der Waals surface area contributed by atoms with E-state index in [0.29, 0.717) is 10.0 Å². The van der Waals surface area contributed by atoms with Crippen molar-refractivity contribution in [1.82, 2.24) is 5.43 Å². The van der Waals surface area contributed by atoms with E-state index in [4.69, 9.17) is 32.7 Å². The molecule has 0 aliphatic rings. The van der Waals surface area contributed by atoms with E-state index < -0.39 is 22.8 Å². The van der Waals surface area contributed by atoms with Crippen molar-refractivity contribution in [3.63, 3.8) is 0 Å². The van der Waals surface area contributed by atoms with Gasteiger partial charge in [0, 0.05) is 39.4 Å². The molecule has 0 atom stereocenters. The molecule has 200 valence electrons. The molecule has 0 heterocycles. The highest BCUT2D eigenvalue weighted by atomic mass is 35.5. The third-order valence-corrected chi connectivity index (χ3v) is 5.75. The molecule has 0 unspecified atom stereocenters. The number of carbonyl (C=O) groups excluding carboxylic acids is 3. The lowest BCUT2D eigenvalue weighted by molar-refractivity contribution is -0.384. The molecule has 0 bridgehead atoms. The summed E-state index contributed by atoms with van der Waals surface area (Å²) in [5.74, 6) is -2.06. The second-order valence-electron chi connectivity index (χ2n) is 8.00. The number of esters is 2. The van der Waals surface area contributed by atoms with Crippen LogP contribution in [-0.2, 0) is 0 Å². The molecular weight excluding hydrogens is 561 g/mol. The van der Waals surface area contributed by atoms with Crippen molar-refractivity contribution in [3.05, 3.63) is 133 Å². The largest absolute Gasteiger partial charge is 0.423 e. The number of halogens is 2. The van der Waals surface area contributed by atoms with E-state index in [0.717, 1.165) is 6.07 Å². The van der Waals surface area contributed by atoms with Crippen molar-refractivity contribution in [2.45, 2.75) is 0 Å². The first-order valence-electron chi connectivity index (χ1n) is 11.4. The van der Waals surface area contributed by atoms with Gasteiger partial charge in [0.15, 0.2) is 0 Å². The first-order valence-corrected chi connectivity index (χ1v) is 12.1. The summed E-state index contributed by atoms with van der Waals surface area (Å²) in [6.45, 7) is 0. The molecule has 0 radical (unpaired) electrons. The molecule has 1 amide bonds. The first kappa shape index (κ1) is 28.0. The fourth-order valence-corrected chi connectivity index (χ4v) is 3.51. The van der Waals surface area contributed by atoms with Crippen LogP contribution >= 0.6 is 23.2 Å². The van der Waals surface area contributed by atoms with Crippen LogP contribution in [0.1, 0.15) is 36.6 Å². The Morgan fingerprint density at radius 2 is 1.38 bits per heavy atom. The van der Waals surface area contributed by atoms with Crippen LogP contribution in [0.5, 0.6) is 11.5 Å². The fraction of sp³-hybridized carbons (Fsp3) is 0. The first-order chi connectivity index (χ1) is 19.2. The van der Waals surface area contributed by atoms with Crippen LogP contribution < -0.4 is 14.9 Å². The SMILES string of the molecule is O=C(N/N=C\c1ccc(OC(=O)c2ccc(Cl)cc2)cc1OC(=O)c1ccc(Cl)cc1)c1cccc([N+](=O)[O-])c1. The predicted molar refractivity (Wildman–Crippen MR) is 147 cm³/mol. The van der Waals surface area contributed by atoms with Crippen LogP contribution in [0.3, 0.4) is 0 Å². The summed E-state index contributed by atoms with van der Waals surface area (Å²) < 4.78 is 10.9. The van der Waals surface area contributed by atoms with E-state index in [-0.39, 0.29) is 39.4 Å². The second-order valence-corrected chi connectivity index (χ2v) is 8.87. The summed E-state index contributed by atoms with van der Waals surface area (Å²) in [4.78, 5) is 48.1. The summed E-state index contributed by atoms with van der Waals surface area (Å²) in [6.07, 6.45) is 1.20. The van der Waals surface area contributed by atoms with Gasteiger partial charge in [-0.25, -0.2) is 15.0 Å². The topological polar surface area (TPSA) is 137 Å². The number of ether oxygens (including phenoxy) is 2. The van der Waals surface area contributed by atoms with Crippen LogP contribution in [-0.4, -0.2) is 29.0 Å². The summed E-state index contributed by atoms with van der Waals surface area (Å²) in [5.41, 5.74) is 2.72. The fourth-order valence-electron chi connectivity index (χ4n) is 3.26. The number of non-ortho nitro benzene ring substituents is 1. The van der Waals surface area contributed by atoms with Gasteiger partial charge >= 0.3 is 11.9 Å². The molecular formula is C28H17Cl2N3O7. The van der Waals surface area contributed by atoms with E-state index in [1.54, 1.807) is 12.1 Å². The Kier molecular flexibility index (Phi) is 8.85. The number of rotatable bonds is 8. The number of hydrazone groups is 1. The number of nitrogens with zero attached hydrogens (tertiary/aromatic N) is 2. The molecule has 0 aliphatic heterocycles. The zero-order valence-corrected chi connectivity index (χ0v) is 21.8. The number of nitrogens with one attached hydrogen (secondary N) is 1. The number of hydrogen-bond donors (Lipinski definition) is 1. The van der Waals surface area contributed by atoms with Crippen molar-refractivity contribution in [1.29, 1.82) is 0 Å². The zero-order valence-electron chi connectivity index (χ0n) is 20.2. The standard InChI is InChI=1S/C28H17Cl2N3O7/c29-21-9-4-17(5-10-21)27(35)39-24-13-8-20(25(15-24)40-28(36)18-6-11-22(30)12-7-18)16-31-32-26(34)19-2-1-3-23(14-19)33(37)38/h1-16H,(H,32,34)/b31-16-. The monoisotopic (exact) mass is 577 g/mol. The number of nitro benzene ring substituents is 1. The van der Waals surface area contributed by atoms with Gasteiger partial charge in [-0.3, -0.25) is 14.9 Å². The van der Waals surface area contributed by atoms with Crippen LogP contribution in [0.15, 0.2) is 96.1 Å². The van der Waals surface area contributed by atoms with Gasteiger partial charge in [0.2, 0.25) is 0 Å². The molecule has 0 saturated heterocycles. The molecule has 40 heavy (non-hydrogen) atoms. The Hall–Kier alpha value is -5.06. The maximum atomic E-state index is 12.8. The van der Waals surface area contributed by atoms with Crippen LogP contribution in [0.25, 0.3) is 0 Å². The predicted octanol–water partition coefficient (Wildman–Crippen LogP) is 6.10. The van der Waals surface area contributed by atoms with E-state index in [1.807, 2.05) is 0 Å². The molecule has 0 saturated carbocycles. The van der Waals surface area contributed by atoms with Gasteiger partial charge in [0.05, 0.1) is 22.3 Å². The van der Waals surface area contributed by atoms with E-state index in [2.05, 4.69) is 10.5 Å². The Morgan fingerprint density at radius 3 is 1.98 bits per heavy atom. The Labute approximate surface area is 236 Å². The lowest BCUT2D eigenvalue weighted by atomic mass is 10.2. The Bertz CT molecular complexity index is 1620. The average molecular weight is 578 g/mol. The minimum absolute atomic E-state index is 0.0187. The van der Waals surface area contributed by atoms with Gasteiger partial charge in [-0.2, -0.15) is 5.10 Å². The van der Waals surface area contributed by atoms with Crippen LogP contribution in [0.2, 0.25) is 10.0 Å². The quantitative estimate of drug-likeness (QED) is 0.0876. The highest BCUT2D eigenvalue weighted by Gasteiger charge is 2.16. The van der Waals surface area contributed by atoms with Crippen molar-refractivity contribution >= 4 is 52.9 Å². The lowest BCUT2D eigenvalue weighted by Gasteiger charge is -2.11. The number of amides is 1. The molecule has 4 aromatic carbocycles. The zero-order chi connectivity index (χ0) is 28.6. The minimum Gasteiger partial charge on any atom is -0.423 e. The van der Waals surface area contributed by atoms with Crippen LogP contribution in [0, 0.1) is 10.1 Å². The maximum absolute atomic E-state index is 12.8. The smallest absolute Gasteiger partial charge is 0.343 e. The molecule has 10 nitrogen and oxygen atoms in total. The number of benzene rings is 4. The number of nitro groups is 1. The molecule has 12 heteroatoms. The molecule has 0 fully saturated rings. The highest BCUT2D eigenvalue weighted by Crippen LogP contribution is 2.26. The van der Waals surface area contributed by atoms with Gasteiger partial charge < -0.3 is 9.47 Å². The summed E-state index contributed by atoms with van der Waals surface area (Å²) in [6, 6.07) is 21.4. The second kappa shape index (κ2) is 12.7.